The Morgan fingerprint density at radius 1 is 1.10 bits per heavy atom. The number of nitrogens with zero attached hydrogens (tertiary/aromatic N) is 4. The van der Waals surface area contributed by atoms with E-state index in [-0.39, 0.29) is 12.0 Å². The third-order valence-electron chi connectivity index (χ3n) is 7.67. The van der Waals surface area contributed by atoms with Crippen LogP contribution in [0.15, 0.2) is 60.7 Å². The molecule has 8 nitrogen and oxygen atoms in total. The van der Waals surface area contributed by atoms with Crippen molar-refractivity contribution in [2.45, 2.75) is 44.1 Å². The lowest BCUT2D eigenvalue weighted by atomic mass is 9.93. The number of aryl methyl sites for hydroxylation is 1. The largest absolute Gasteiger partial charge is 0.427 e. The maximum Gasteiger partial charge on any atom is 0.418 e. The second-order valence-corrected chi connectivity index (χ2v) is 10.6. The zero-order chi connectivity index (χ0) is 30.4. The number of amides is 3. The van der Waals surface area contributed by atoms with Crippen LogP contribution in [0.5, 0.6) is 0 Å². The fraction of sp³-hybridized carbons (Fsp3) is 0.333. The molecule has 2 heterocycles. The molecule has 2 atom stereocenters. The van der Waals surface area contributed by atoms with Crippen molar-refractivity contribution in [3.63, 3.8) is 0 Å². The molecule has 1 fully saturated rings. The molecule has 0 radical (unpaired) electrons. The van der Waals surface area contributed by atoms with E-state index < -0.39 is 54.6 Å². The predicted molar refractivity (Wildman–Crippen MR) is 145 cm³/mol. The van der Waals surface area contributed by atoms with Crippen LogP contribution in [-0.4, -0.2) is 65.5 Å². The van der Waals surface area contributed by atoms with E-state index in [1.807, 2.05) is 43.3 Å². The molecule has 0 saturated carbocycles. The van der Waals surface area contributed by atoms with E-state index in [0.29, 0.717) is 27.5 Å². The Hall–Kier alpha value is -4.48. The number of aromatic nitrogens is 1. The maximum absolute atomic E-state index is 13.7. The topological polar surface area (TPSA) is 83.1 Å². The fourth-order valence-electron chi connectivity index (χ4n) is 5.28. The Labute approximate surface area is 239 Å². The molecule has 2 aromatic carbocycles. The number of rotatable bonds is 7. The number of hydrogen-bond acceptors (Lipinski definition) is 6. The highest BCUT2D eigenvalue weighted by atomic mass is 19.4. The quantitative estimate of drug-likeness (QED) is 0.362. The van der Waals surface area contributed by atoms with E-state index in [1.54, 1.807) is 12.1 Å². The fourth-order valence-corrected chi connectivity index (χ4v) is 5.28. The lowest BCUT2D eigenvalue weighted by molar-refractivity contribution is -0.187. The number of imide groups is 1. The number of ether oxygens (including phenoxy) is 1. The van der Waals surface area contributed by atoms with Crippen molar-refractivity contribution in [2.24, 2.45) is 0 Å². The first kappa shape index (κ1) is 29.0. The first-order valence-electron chi connectivity index (χ1n) is 13.2. The molecular formula is C30H28F4N4O4. The molecule has 2 aliphatic rings. The van der Waals surface area contributed by atoms with Gasteiger partial charge in [-0.05, 0) is 54.8 Å². The molecule has 1 aliphatic carbocycles. The second-order valence-electron chi connectivity index (χ2n) is 10.6. The van der Waals surface area contributed by atoms with Crippen molar-refractivity contribution >= 4 is 23.7 Å². The molecule has 5 rings (SSSR count). The normalized spacial score (nSPS) is 18.7. The zero-order valence-corrected chi connectivity index (χ0v) is 23.1. The van der Waals surface area contributed by atoms with Gasteiger partial charge in [-0.3, -0.25) is 9.59 Å². The van der Waals surface area contributed by atoms with Crippen molar-refractivity contribution in [1.82, 2.24) is 14.8 Å². The molecule has 3 aromatic rings. The molecule has 12 heteroatoms. The smallest absolute Gasteiger partial charge is 0.418 e. The van der Waals surface area contributed by atoms with Crippen molar-refractivity contribution in [3.05, 3.63) is 83.2 Å². The monoisotopic (exact) mass is 584 g/mol. The number of anilines is 1. The van der Waals surface area contributed by atoms with Gasteiger partial charge in [0.15, 0.2) is 0 Å². The lowest BCUT2D eigenvalue weighted by Gasteiger charge is -2.31. The predicted octanol–water partition coefficient (Wildman–Crippen LogP) is 5.05. The van der Waals surface area contributed by atoms with Crippen LogP contribution >= 0.6 is 0 Å². The Kier molecular flexibility index (Phi) is 7.42. The summed E-state index contributed by atoms with van der Waals surface area (Å²) in [4.78, 5) is 47.3. The maximum atomic E-state index is 13.7. The minimum Gasteiger partial charge on any atom is -0.427 e. The number of halogens is 4. The standard InChI is InChI=1S/C30H28F4N4O4/c1-18(30(32,33)34)37(16-19-7-10-22(31)11-8-19)26(39)17-38-27(40)29(42-28(38)41)14-13-20-15-21(9-12-23(20)29)24-5-4-6-25(35-24)36(2)3/h4-12,15,18H,13-14,16-17H2,1-3H3/t18-,29+/m0/s1. The van der Waals surface area contributed by atoms with Gasteiger partial charge < -0.3 is 14.5 Å². The summed E-state index contributed by atoms with van der Waals surface area (Å²) < 4.78 is 60.0. The summed E-state index contributed by atoms with van der Waals surface area (Å²) in [6, 6.07) is 13.3. The number of pyridine rings is 1. The highest BCUT2D eigenvalue weighted by Crippen LogP contribution is 2.46. The Morgan fingerprint density at radius 3 is 2.48 bits per heavy atom. The molecule has 42 heavy (non-hydrogen) atoms. The number of alkyl halides is 3. The second kappa shape index (κ2) is 10.7. The van der Waals surface area contributed by atoms with Crippen LogP contribution in [0.4, 0.5) is 28.2 Å². The van der Waals surface area contributed by atoms with Gasteiger partial charge in [0.05, 0.1) is 5.69 Å². The lowest BCUT2D eigenvalue weighted by Crippen LogP contribution is -2.51. The number of carbonyl (C=O) groups is 3. The van der Waals surface area contributed by atoms with E-state index in [9.17, 15) is 31.9 Å². The summed E-state index contributed by atoms with van der Waals surface area (Å²) in [6.45, 7) is -0.632. The van der Waals surface area contributed by atoms with Crippen LogP contribution in [-0.2, 0) is 32.9 Å². The number of hydrogen-bond donors (Lipinski definition) is 0. The summed E-state index contributed by atoms with van der Waals surface area (Å²) in [5, 5.41) is 0. The minimum absolute atomic E-state index is 0.129. The van der Waals surface area contributed by atoms with Gasteiger partial charge in [-0.25, -0.2) is 19.1 Å². The van der Waals surface area contributed by atoms with Gasteiger partial charge >= 0.3 is 12.3 Å². The molecule has 1 aliphatic heterocycles. The average Bonchev–Trinajstić information content (AvgIpc) is 3.43. The summed E-state index contributed by atoms with van der Waals surface area (Å²) in [7, 11) is 3.75. The Bertz CT molecular complexity index is 1540. The van der Waals surface area contributed by atoms with Crippen LogP contribution in [0.2, 0.25) is 0 Å². The highest BCUT2D eigenvalue weighted by Gasteiger charge is 2.58. The van der Waals surface area contributed by atoms with Crippen molar-refractivity contribution in [1.29, 1.82) is 0 Å². The number of benzene rings is 2. The molecule has 0 N–H and O–H groups in total. The van der Waals surface area contributed by atoms with E-state index in [4.69, 9.17) is 4.74 Å². The van der Waals surface area contributed by atoms with Crippen LogP contribution < -0.4 is 4.90 Å². The first-order valence-corrected chi connectivity index (χ1v) is 13.2. The molecule has 0 bridgehead atoms. The number of fused-ring (bicyclic) bond motifs is 2. The summed E-state index contributed by atoms with van der Waals surface area (Å²) in [5.41, 5.74) is 1.33. The SMILES string of the molecule is C[C@H](N(Cc1ccc(F)cc1)C(=O)CN1C(=O)O[C@@]2(CCc3cc(-c4cccc(N(C)C)n4)ccc32)C1=O)C(F)(F)F. The van der Waals surface area contributed by atoms with Gasteiger partial charge in [-0.1, -0.05) is 30.3 Å². The van der Waals surface area contributed by atoms with Crippen LogP contribution in [0.1, 0.15) is 30.0 Å². The Morgan fingerprint density at radius 2 is 1.81 bits per heavy atom. The van der Waals surface area contributed by atoms with Gasteiger partial charge in [0.2, 0.25) is 11.5 Å². The van der Waals surface area contributed by atoms with E-state index in [0.717, 1.165) is 36.0 Å². The molecule has 1 saturated heterocycles. The van der Waals surface area contributed by atoms with Gasteiger partial charge in [0.25, 0.3) is 5.91 Å². The number of carbonyl (C=O) groups excluding carboxylic acids is 3. The van der Waals surface area contributed by atoms with Crippen LogP contribution in [0.25, 0.3) is 11.3 Å². The average molecular weight is 585 g/mol. The van der Waals surface area contributed by atoms with E-state index in [1.165, 1.54) is 12.1 Å². The molecular weight excluding hydrogens is 556 g/mol. The zero-order valence-electron chi connectivity index (χ0n) is 23.1. The third kappa shape index (κ3) is 5.28. The summed E-state index contributed by atoms with van der Waals surface area (Å²) in [5.74, 6) is -1.73. The van der Waals surface area contributed by atoms with Crippen LogP contribution in [0.3, 0.4) is 0 Å². The minimum atomic E-state index is -4.78. The highest BCUT2D eigenvalue weighted by molar-refractivity contribution is 6.06. The van der Waals surface area contributed by atoms with Crippen LogP contribution in [0, 0.1) is 5.82 Å². The Balaban J connectivity index is 1.39. The van der Waals surface area contributed by atoms with Gasteiger partial charge in [0.1, 0.15) is 24.2 Å². The van der Waals surface area contributed by atoms with Crippen molar-refractivity contribution in [2.75, 3.05) is 25.5 Å². The summed E-state index contributed by atoms with van der Waals surface area (Å²) in [6.07, 6.45) is -5.36. The van der Waals surface area contributed by atoms with Gasteiger partial charge in [-0.2, -0.15) is 13.2 Å². The van der Waals surface area contributed by atoms with E-state index in [2.05, 4.69) is 4.98 Å². The molecule has 1 spiro atoms. The molecule has 3 amide bonds. The first-order chi connectivity index (χ1) is 19.8. The molecule has 220 valence electrons. The van der Waals surface area contributed by atoms with Crippen molar-refractivity contribution in [3.8, 4) is 11.3 Å². The third-order valence-corrected chi connectivity index (χ3v) is 7.67. The van der Waals surface area contributed by atoms with Gasteiger partial charge in [0, 0.05) is 38.2 Å². The van der Waals surface area contributed by atoms with Crippen molar-refractivity contribution < 1.29 is 36.7 Å². The molecule has 0 unspecified atom stereocenters. The van der Waals surface area contributed by atoms with E-state index >= 15 is 0 Å². The summed E-state index contributed by atoms with van der Waals surface area (Å²) >= 11 is 0. The molecule has 1 aromatic heterocycles. The van der Waals surface area contributed by atoms with Gasteiger partial charge in [-0.15, -0.1) is 0 Å².